The van der Waals surface area contributed by atoms with Crippen molar-refractivity contribution < 1.29 is 4.79 Å². The van der Waals surface area contributed by atoms with E-state index in [1.54, 1.807) is 4.90 Å². The van der Waals surface area contributed by atoms with Crippen LogP contribution in [0.1, 0.15) is 12.1 Å². The van der Waals surface area contributed by atoms with Crippen LogP contribution in [0.15, 0.2) is 6.07 Å². The van der Waals surface area contributed by atoms with Crippen LogP contribution in [0.5, 0.6) is 0 Å². The summed E-state index contributed by atoms with van der Waals surface area (Å²) in [6.45, 7) is 2.54. The van der Waals surface area contributed by atoms with Crippen LogP contribution in [-0.2, 0) is 4.79 Å². The van der Waals surface area contributed by atoms with Gasteiger partial charge in [-0.2, -0.15) is 4.37 Å². The molecule has 1 atom stereocenters. The van der Waals surface area contributed by atoms with Gasteiger partial charge in [-0.1, -0.05) is 0 Å². The van der Waals surface area contributed by atoms with Crippen LogP contribution in [0.2, 0.25) is 0 Å². The third kappa shape index (κ3) is 1.57. The number of amides is 1. The minimum atomic E-state index is -0.0186. The van der Waals surface area contributed by atoms with Gasteiger partial charge in [0.2, 0.25) is 5.91 Å². The van der Waals surface area contributed by atoms with Crippen molar-refractivity contribution in [2.45, 2.75) is 19.4 Å². The van der Waals surface area contributed by atoms with E-state index in [1.807, 2.05) is 13.0 Å². The van der Waals surface area contributed by atoms with E-state index in [4.69, 9.17) is 5.73 Å². The monoisotopic (exact) mass is 197 g/mol. The summed E-state index contributed by atoms with van der Waals surface area (Å²) < 4.78 is 4.13. The van der Waals surface area contributed by atoms with Crippen LogP contribution in [0, 0.1) is 6.92 Å². The van der Waals surface area contributed by atoms with Crippen molar-refractivity contribution in [3.63, 3.8) is 0 Å². The van der Waals surface area contributed by atoms with E-state index < -0.39 is 0 Å². The lowest BCUT2D eigenvalue weighted by Crippen LogP contribution is -2.27. The zero-order valence-corrected chi connectivity index (χ0v) is 8.17. The largest absolute Gasteiger partial charge is 0.326 e. The van der Waals surface area contributed by atoms with Crippen molar-refractivity contribution in [3.8, 4) is 0 Å². The molecule has 1 amide bonds. The number of aryl methyl sites for hydroxylation is 1. The van der Waals surface area contributed by atoms with E-state index in [1.165, 1.54) is 11.5 Å². The molecule has 70 valence electrons. The molecule has 1 saturated heterocycles. The van der Waals surface area contributed by atoms with Crippen LogP contribution >= 0.6 is 11.5 Å². The number of nitrogens with two attached hydrogens (primary N) is 1. The van der Waals surface area contributed by atoms with E-state index in [0.29, 0.717) is 13.0 Å². The van der Waals surface area contributed by atoms with Crippen LogP contribution in [0.4, 0.5) is 5.00 Å². The molecule has 0 saturated carbocycles. The maximum atomic E-state index is 11.4. The molecule has 0 aromatic carbocycles. The molecular weight excluding hydrogens is 186 g/mol. The van der Waals surface area contributed by atoms with Gasteiger partial charge in [0, 0.05) is 19.0 Å². The molecule has 1 unspecified atom stereocenters. The van der Waals surface area contributed by atoms with Crippen LogP contribution < -0.4 is 10.6 Å². The average Bonchev–Trinajstić information content (AvgIpc) is 2.58. The Balaban J connectivity index is 2.22. The van der Waals surface area contributed by atoms with Gasteiger partial charge in [0.1, 0.15) is 5.00 Å². The normalized spacial score (nSPS) is 22.8. The van der Waals surface area contributed by atoms with Gasteiger partial charge >= 0.3 is 0 Å². The maximum absolute atomic E-state index is 11.4. The number of carbonyl (C=O) groups excluding carboxylic acids is 1. The van der Waals surface area contributed by atoms with Crippen molar-refractivity contribution >= 4 is 22.4 Å². The Morgan fingerprint density at radius 1 is 1.77 bits per heavy atom. The van der Waals surface area contributed by atoms with Crippen LogP contribution in [0.3, 0.4) is 0 Å². The molecule has 1 fully saturated rings. The number of hydrogen-bond donors (Lipinski definition) is 1. The van der Waals surface area contributed by atoms with E-state index >= 15 is 0 Å². The highest BCUT2D eigenvalue weighted by Gasteiger charge is 2.28. The number of hydrogen-bond acceptors (Lipinski definition) is 4. The van der Waals surface area contributed by atoms with E-state index in [9.17, 15) is 4.79 Å². The second kappa shape index (κ2) is 3.08. The molecule has 1 aromatic heterocycles. The molecule has 1 aliphatic heterocycles. The molecule has 2 N–H and O–H groups in total. The molecule has 2 rings (SSSR count). The third-order valence-electron chi connectivity index (χ3n) is 2.04. The first-order chi connectivity index (χ1) is 6.16. The quantitative estimate of drug-likeness (QED) is 0.714. The van der Waals surface area contributed by atoms with Gasteiger partial charge in [0.25, 0.3) is 0 Å². The first kappa shape index (κ1) is 8.65. The Morgan fingerprint density at radius 2 is 2.54 bits per heavy atom. The summed E-state index contributed by atoms with van der Waals surface area (Å²) in [5.41, 5.74) is 6.63. The standard InChI is InChI=1S/C8H11N3OS/c1-5-2-8(13-10-5)11-4-6(9)3-7(11)12/h2,6H,3-4,9H2,1H3. The second-order valence-electron chi connectivity index (χ2n) is 3.28. The lowest BCUT2D eigenvalue weighted by molar-refractivity contribution is -0.117. The minimum absolute atomic E-state index is 0.0186. The number of nitrogens with zero attached hydrogens (tertiary/aromatic N) is 2. The van der Waals surface area contributed by atoms with E-state index in [0.717, 1.165) is 10.7 Å². The molecular formula is C8H11N3OS. The molecule has 0 aliphatic carbocycles. The maximum Gasteiger partial charge on any atom is 0.229 e. The van der Waals surface area contributed by atoms with Crippen molar-refractivity contribution in [3.05, 3.63) is 11.8 Å². The molecule has 1 aliphatic rings. The van der Waals surface area contributed by atoms with Gasteiger partial charge in [-0.05, 0) is 24.5 Å². The molecule has 1 aromatic rings. The van der Waals surface area contributed by atoms with Crippen molar-refractivity contribution in [2.75, 3.05) is 11.4 Å². The number of aromatic nitrogens is 1. The second-order valence-corrected chi connectivity index (χ2v) is 4.06. The molecule has 4 nitrogen and oxygen atoms in total. The highest BCUT2D eigenvalue weighted by atomic mass is 32.1. The van der Waals surface area contributed by atoms with Crippen LogP contribution in [-0.4, -0.2) is 22.9 Å². The average molecular weight is 197 g/mol. The van der Waals surface area contributed by atoms with Crippen molar-refractivity contribution in [1.29, 1.82) is 0 Å². The first-order valence-electron chi connectivity index (χ1n) is 4.16. The Morgan fingerprint density at radius 3 is 3.00 bits per heavy atom. The highest BCUT2D eigenvalue weighted by Crippen LogP contribution is 2.25. The third-order valence-corrected chi connectivity index (χ3v) is 2.94. The van der Waals surface area contributed by atoms with Gasteiger partial charge in [0.15, 0.2) is 0 Å². The Labute approximate surface area is 80.5 Å². The van der Waals surface area contributed by atoms with Gasteiger partial charge in [-0.3, -0.25) is 4.79 Å². The summed E-state index contributed by atoms with van der Waals surface area (Å²) in [4.78, 5) is 13.1. The van der Waals surface area contributed by atoms with E-state index in [-0.39, 0.29) is 11.9 Å². The predicted molar refractivity (Wildman–Crippen MR) is 51.8 cm³/mol. The minimum Gasteiger partial charge on any atom is -0.326 e. The van der Waals surface area contributed by atoms with E-state index in [2.05, 4.69) is 4.37 Å². The fourth-order valence-electron chi connectivity index (χ4n) is 1.43. The van der Waals surface area contributed by atoms with Gasteiger partial charge < -0.3 is 10.6 Å². The summed E-state index contributed by atoms with van der Waals surface area (Å²) in [7, 11) is 0. The summed E-state index contributed by atoms with van der Waals surface area (Å²) in [6, 6.07) is 1.90. The number of rotatable bonds is 1. The van der Waals surface area contributed by atoms with Gasteiger partial charge in [0.05, 0.1) is 5.69 Å². The summed E-state index contributed by atoms with van der Waals surface area (Å²) in [5.74, 6) is 0.108. The summed E-state index contributed by atoms with van der Waals surface area (Å²) in [5, 5.41) is 0.912. The molecule has 2 heterocycles. The Hall–Kier alpha value is -0.940. The Bertz CT molecular complexity index is 336. The number of anilines is 1. The molecule has 0 radical (unpaired) electrons. The van der Waals surface area contributed by atoms with Crippen molar-refractivity contribution in [1.82, 2.24) is 4.37 Å². The molecule has 5 heteroatoms. The predicted octanol–water partition coefficient (Wildman–Crippen LogP) is 0.516. The summed E-state index contributed by atoms with van der Waals surface area (Å²) in [6.07, 6.45) is 0.455. The lowest BCUT2D eigenvalue weighted by Gasteiger charge is -2.11. The zero-order valence-electron chi connectivity index (χ0n) is 7.36. The highest BCUT2D eigenvalue weighted by molar-refractivity contribution is 7.10. The molecule has 0 bridgehead atoms. The first-order valence-corrected chi connectivity index (χ1v) is 4.93. The fraction of sp³-hybridized carbons (Fsp3) is 0.500. The number of carbonyl (C=O) groups is 1. The van der Waals surface area contributed by atoms with Crippen LogP contribution in [0.25, 0.3) is 0 Å². The molecule has 0 spiro atoms. The van der Waals surface area contributed by atoms with Gasteiger partial charge in [-0.15, -0.1) is 0 Å². The summed E-state index contributed by atoms with van der Waals surface area (Å²) >= 11 is 1.35. The van der Waals surface area contributed by atoms with Crippen molar-refractivity contribution in [2.24, 2.45) is 5.73 Å². The lowest BCUT2D eigenvalue weighted by atomic mass is 10.3. The Kier molecular flexibility index (Phi) is 2.05. The van der Waals surface area contributed by atoms with Gasteiger partial charge in [-0.25, -0.2) is 0 Å². The fourth-order valence-corrected chi connectivity index (χ4v) is 2.21. The smallest absolute Gasteiger partial charge is 0.229 e. The molecule has 13 heavy (non-hydrogen) atoms. The SMILES string of the molecule is Cc1cc(N2CC(N)CC2=O)sn1. The zero-order chi connectivity index (χ0) is 9.42. The topological polar surface area (TPSA) is 59.2 Å².